The Bertz CT molecular complexity index is 749. The van der Waals surface area contributed by atoms with Crippen molar-refractivity contribution >= 4 is 17.2 Å². The van der Waals surface area contributed by atoms with Crippen LogP contribution in [0.5, 0.6) is 0 Å². The molecule has 3 rings (SSSR count). The van der Waals surface area contributed by atoms with Crippen LogP contribution < -0.4 is 0 Å². The SMILES string of the molecule is CC(C)(C)c1ccc(-c2cn3cccc(Cl)c3n2)cc1. The van der Waals surface area contributed by atoms with E-state index in [2.05, 4.69) is 50.0 Å². The van der Waals surface area contributed by atoms with Gasteiger partial charge >= 0.3 is 0 Å². The fourth-order valence-electron chi connectivity index (χ4n) is 2.26. The van der Waals surface area contributed by atoms with Crippen LogP contribution in [0.1, 0.15) is 26.3 Å². The molecule has 102 valence electrons. The fourth-order valence-corrected chi connectivity index (χ4v) is 2.47. The number of hydrogen-bond donors (Lipinski definition) is 0. The summed E-state index contributed by atoms with van der Waals surface area (Å²) in [5.41, 5.74) is 4.34. The van der Waals surface area contributed by atoms with Gasteiger partial charge in [-0.2, -0.15) is 0 Å². The zero-order chi connectivity index (χ0) is 14.3. The van der Waals surface area contributed by atoms with Crippen molar-refractivity contribution in [3.05, 3.63) is 59.4 Å². The molecule has 0 unspecified atom stereocenters. The van der Waals surface area contributed by atoms with Crippen LogP contribution >= 0.6 is 11.6 Å². The largest absolute Gasteiger partial charge is 0.305 e. The molecule has 0 spiro atoms. The van der Waals surface area contributed by atoms with E-state index in [1.807, 2.05) is 28.9 Å². The number of pyridine rings is 1. The average Bonchev–Trinajstić information content (AvgIpc) is 2.83. The lowest BCUT2D eigenvalue weighted by atomic mass is 9.86. The van der Waals surface area contributed by atoms with Gasteiger partial charge in [0.15, 0.2) is 5.65 Å². The number of fused-ring (bicyclic) bond motifs is 1. The number of nitrogens with zero attached hydrogens (tertiary/aromatic N) is 2. The monoisotopic (exact) mass is 284 g/mol. The minimum Gasteiger partial charge on any atom is -0.305 e. The molecule has 0 aliphatic heterocycles. The van der Waals surface area contributed by atoms with Crippen LogP contribution in [0.2, 0.25) is 5.02 Å². The van der Waals surface area contributed by atoms with Gasteiger partial charge in [-0.15, -0.1) is 0 Å². The Morgan fingerprint density at radius 1 is 1.05 bits per heavy atom. The van der Waals surface area contributed by atoms with Gasteiger partial charge in [-0.05, 0) is 23.1 Å². The Labute approximate surface area is 124 Å². The van der Waals surface area contributed by atoms with Crippen LogP contribution in [0.15, 0.2) is 48.8 Å². The van der Waals surface area contributed by atoms with Crippen LogP contribution in [-0.4, -0.2) is 9.38 Å². The first-order valence-electron chi connectivity index (χ1n) is 6.69. The Balaban J connectivity index is 2.05. The van der Waals surface area contributed by atoms with Crippen molar-refractivity contribution in [3.8, 4) is 11.3 Å². The lowest BCUT2D eigenvalue weighted by molar-refractivity contribution is 0.590. The van der Waals surface area contributed by atoms with E-state index >= 15 is 0 Å². The van der Waals surface area contributed by atoms with E-state index in [4.69, 9.17) is 11.6 Å². The van der Waals surface area contributed by atoms with Gasteiger partial charge in [0, 0.05) is 18.0 Å². The molecule has 0 radical (unpaired) electrons. The zero-order valence-corrected chi connectivity index (χ0v) is 12.6. The highest BCUT2D eigenvalue weighted by Gasteiger charge is 2.13. The second kappa shape index (κ2) is 4.64. The van der Waals surface area contributed by atoms with Crippen molar-refractivity contribution in [3.63, 3.8) is 0 Å². The quantitative estimate of drug-likeness (QED) is 0.618. The normalized spacial score (nSPS) is 12.0. The van der Waals surface area contributed by atoms with Crippen LogP contribution in [-0.2, 0) is 5.41 Å². The third-order valence-corrected chi connectivity index (χ3v) is 3.78. The molecule has 0 aliphatic carbocycles. The third kappa shape index (κ3) is 2.32. The molecular weight excluding hydrogens is 268 g/mol. The molecule has 1 aromatic carbocycles. The van der Waals surface area contributed by atoms with Crippen molar-refractivity contribution in [2.75, 3.05) is 0 Å². The predicted molar refractivity (Wildman–Crippen MR) is 84.3 cm³/mol. The van der Waals surface area contributed by atoms with E-state index in [0.29, 0.717) is 5.02 Å². The summed E-state index contributed by atoms with van der Waals surface area (Å²) in [6, 6.07) is 12.4. The van der Waals surface area contributed by atoms with Gasteiger partial charge in [0.1, 0.15) is 0 Å². The lowest BCUT2D eigenvalue weighted by Gasteiger charge is -2.18. The number of imidazole rings is 1. The highest BCUT2D eigenvalue weighted by atomic mass is 35.5. The molecule has 2 aromatic heterocycles. The van der Waals surface area contributed by atoms with Gasteiger partial charge < -0.3 is 4.40 Å². The number of hydrogen-bond acceptors (Lipinski definition) is 1. The van der Waals surface area contributed by atoms with E-state index in [9.17, 15) is 0 Å². The smallest absolute Gasteiger partial charge is 0.156 e. The molecule has 3 aromatic rings. The molecule has 0 saturated carbocycles. The van der Waals surface area contributed by atoms with Crippen LogP contribution in [0, 0.1) is 0 Å². The summed E-state index contributed by atoms with van der Waals surface area (Å²) in [6.45, 7) is 6.64. The van der Waals surface area contributed by atoms with Gasteiger partial charge in [-0.3, -0.25) is 0 Å². The molecule has 2 nitrogen and oxygen atoms in total. The first-order chi connectivity index (χ1) is 9.45. The molecule has 0 N–H and O–H groups in total. The van der Waals surface area contributed by atoms with Gasteiger partial charge in [-0.25, -0.2) is 4.98 Å². The Morgan fingerprint density at radius 3 is 2.35 bits per heavy atom. The second-order valence-corrected chi connectivity index (χ2v) is 6.45. The van der Waals surface area contributed by atoms with Crippen LogP contribution in [0.3, 0.4) is 0 Å². The van der Waals surface area contributed by atoms with E-state index < -0.39 is 0 Å². The van der Waals surface area contributed by atoms with E-state index in [1.54, 1.807) is 0 Å². The summed E-state index contributed by atoms with van der Waals surface area (Å²) in [6.07, 6.45) is 3.97. The second-order valence-electron chi connectivity index (χ2n) is 6.04. The standard InChI is InChI=1S/C17H17ClN2/c1-17(2,3)13-8-6-12(7-9-13)15-11-20-10-4-5-14(18)16(20)19-15/h4-11H,1-3H3. The number of benzene rings is 1. The van der Waals surface area contributed by atoms with Crippen LogP contribution in [0.4, 0.5) is 0 Å². The maximum atomic E-state index is 6.16. The summed E-state index contributed by atoms with van der Waals surface area (Å²) in [7, 11) is 0. The number of rotatable bonds is 1. The summed E-state index contributed by atoms with van der Waals surface area (Å²) < 4.78 is 1.95. The minimum atomic E-state index is 0.167. The molecule has 20 heavy (non-hydrogen) atoms. The fraction of sp³-hybridized carbons (Fsp3) is 0.235. The summed E-state index contributed by atoms with van der Waals surface area (Å²) in [5, 5.41) is 0.671. The molecule has 0 atom stereocenters. The average molecular weight is 285 g/mol. The van der Waals surface area contributed by atoms with E-state index in [0.717, 1.165) is 16.9 Å². The first-order valence-corrected chi connectivity index (χ1v) is 7.07. The molecule has 0 saturated heterocycles. The topological polar surface area (TPSA) is 17.3 Å². The molecule has 0 amide bonds. The third-order valence-electron chi connectivity index (χ3n) is 3.48. The van der Waals surface area contributed by atoms with E-state index in [-0.39, 0.29) is 5.41 Å². The molecule has 2 heterocycles. The maximum Gasteiger partial charge on any atom is 0.156 e. The van der Waals surface area contributed by atoms with Gasteiger partial charge in [0.25, 0.3) is 0 Å². The van der Waals surface area contributed by atoms with Gasteiger partial charge in [0.05, 0.1) is 10.7 Å². The summed E-state index contributed by atoms with van der Waals surface area (Å²) in [5.74, 6) is 0. The van der Waals surface area contributed by atoms with Crippen molar-refractivity contribution in [2.24, 2.45) is 0 Å². The molecular formula is C17H17ClN2. The molecule has 3 heteroatoms. The van der Waals surface area contributed by atoms with Crippen molar-refractivity contribution in [1.29, 1.82) is 0 Å². The molecule has 0 bridgehead atoms. The lowest BCUT2D eigenvalue weighted by Crippen LogP contribution is -2.10. The number of aromatic nitrogens is 2. The maximum absolute atomic E-state index is 6.16. The van der Waals surface area contributed by atoms with E-state index in [1.165, 1.54) is 5.56 Å². The van der Waals surface area contributed by atoms with Crippen molar-refractivity contribution in [1.82, 2.24) is 9.38 Å². The zero-order valence-electron chi connectivity index (χ0n) is 11.9. The van der Waals surface area contributed by atoms with Gasteiger partial charge in [-0.1, -0.05) is 56.6 Å². The summed E-state index contributed by atoms with van der Waals surface area (Å²) >= 11 is 6.16. The van der Waals surface area contributed by atoms with Crippen molar-refractivity contribution < 1.29 is 0 Å². The Hall–Kier alpha value is -1.80. The Morgan fingerprint density at radius 2 is 1.75 bits per heavy atom. The van der Waals surface area contributed by atoms with Gasteiger partial charge in [0.2, 0.25) is 0 Å². The predicted octanol–water partition coefficient (Wildman–Crippen LogP) is 4.95. The Kier molecular flexibility index (Phi) is 3.06. The highest BCUT2D eigenvalue weighted by Crippen LogP contribution is 2.27. The van der Waals surface area contributed by atoms with Crippen LogP contribution in [0.25, 0.3) is 16.9 Å². The molecule has 0 fully saturated rings. The van der Waals surface area contributed by atoms with Crippen molar-refractivity contribution in [2.45, 2.75) is 26.2 Å². The summed E-state index contributed by atoms with van der Waals surface area (Å²) in [4.78, 5) is 4.61. The highest BCUT2D eigenvalue weighted by molar-refractivity contribution is 6.33. The first kappa shape index (κ1) is 13.2. The molecule has 0 aliphatic rings. The minimum absolute atomic E-state index is 0.167. The number of halogens is 1.